The molecule has 2 atom stereocenters. The van der Waals surface area contributed by atoms with Crippen molar-refractivity contribution in [2.45, 2.75) is 63.2 Å². The maximum absolute atomic E-state index is 13.2. The topological polar surface area (TPSA) is 68.9 Å². The van der Waals surface area contributed by atoms with Crippen LogP contribution in [0.25, 0.3) is 0 Å². The number of methoxy groups -OCH3 is 1. The van der Waals surface area contributed by atoms with Crippen molar-refractivity contribution < 1.29 is 19.0 Å². The highest BCUT2D eigenvalue weighted by atomic mass is 16.5. The Balaban J connectivity index is 1.67. The number of hydrogen-bond donors (Lipinski definition) is 1. The van der Waals surface area contributed by atoms with Crippen molar-refractivity contribution >= 4 is 0 Å². The Morgan fingerprint density at radius 3 is 2.61 bits per heavy atom. The summed E-state index contributed by atoms with van der Waals surface area (Å²) in [5, 5.41) is 11.4. The highest BCUT2D eigenvalue weighted by Gasteiger charge is 2.39. The summed E-state index contributed by atoms with van der Waals surface area (Å²) in [7, 11) is 1.66. The highest BCUT2D eigenvalue weighted by molar-refractivity contribution is 5.47. The molecule has 1 N–H and O–H groups in total. The number of rotatable bonds is 9. The van der Waals surface area contributed by atoms with Crippen LogP contribution >= 0.6 is 0 Å². The second-order valence-corrected chi connectivity index (χ2v) is 8.91. The Bertz CT molecular complexity index is 900. The quantitative estimate of drug-likeness (QED) is 0.562. The fraction of sp³-hybridized carbons (Fsp3) is 0.577. The molecule has 0 radical (unpaired) electrons. The first kappa shape index (κ1) is 22.1. The van der Waals surface area contributed by atoms with Gasteiger partial charge in [-0.1, -0.05) is 43.2 Å². The van der Waals surface area contributed by atoms with E-state index in [4.69, 9.17) is 13.9 Å². The third-order valence-electron chi connectivity index (χ3n) is 6.72. The van der Waals surface area contributed by atoms with Crippen LogP contribution in [0.3, 0.4) is 0 Å². The van der Waals surface area contributed by atoms with E-state index in [2.05, 4.69) is 12.1 Å². The first-order valence-corrected chi connectivity index (χ1v) is 11.7. The fourth-order valence-corrected chi connectivity index (χ4v) is 4.95. The van der Waals surface area contributed by atoms with Crippen molar-refractivity contribution in [3.63, 3.8) is 0 Å². The minimum atomic E-state index is -0.372. The number of hydrogen-bond acceptors (Lipinski definition) is 5. The van der Waals surface area contributed by atoms with Gasteiger partial charge in [0.05, 0.1) is 18.8 Å². The summed E-state index contributed by atoms with van der Waals surface area (Å²) in [6.07, 6.45) is 7.88. The molecule has 0 bridgehead atoms. The lowest BCUT2D eigenvalue weighted by atomic mass is 9.83. The van der Waals surface area contributed by atoms with Crippen molar-refractivity contribution in [1.82, 2.24) is 0 Å². The third-order valence-corrected chi connectivity index (χ3v) is 6.72. The second-order valence-electron chi connectivity index (χ2n) is 8.91. The van der Waals surface area contributed by atoms with Crippen molar-refractivity contribution in [3.05, 3.63) is 63.2 Å². The molecular weight excluding hydrogens is 392 g/mol. The van der Waals surface area contributed by atoms with Crippen LogP contribution in [0.15, 0.2) is 39.5 Å². The minimum Gasteiger partial charge on any atom is -0.507 e. The molecule has 168 valence electrons. The summed E-state index contributed by atoms with van der Waals surface area (Å²) in [4.78, 5) is 13.2. The molecular formula is C26H34O5. The van der Waals surface area contributed by atoms with Crippen molar-refractivity contribution in [1.29, 1.82) is 0 Å². The zero-order chi connectivity index (χ0) is 21.6. The summed E-state index contributed by atoms with van der Waals surface area (Å²) < 4.78 is 16.7. The SMILES string of the molecule is COCCOCCC1CCCCCc2c1oc(=O)c(C(c1ccccc1)C1CC1)c2O. The van der Waals surface area contributed by atoms with Crippen LogP contribution in [-0.2, 0) is 15.9 Å². The maximum atomic E-state index is 13.2. The predicted molar refractivity (Wildman–Crippen MR) is 120 cm³/mol. The number of benzene rings is 1. The lowest BCUT2D eigenvalue weighted by molar-refractivity contribution is 0.0654. The summed E-state index contributed by atoms with van der Waals surface area (Å²) in [5.41, 5.74) is 2.02. The Labute approximate surface area is 184 Å². The molecule has 2 aliphatic carbocycles. The van der Waals surface area contributed by atoms with Crippen molar-refractivity contribution in [3.8, 4) is 5.75 Å². The Kier molecular flexibility index (Phi) is 7.46. The lowest BCUT2D eigenvalue weighted by Crippen LogP contribution is -2.21. The van der Waals surface area contributed by atoms with Crippen LogP contribution in [0.2, 0.25) is 0 Å². The molecule has 5 heteroatoms. The van der Waals surface area contributed by atoms with E-state index in [1.54, 1.807) is 7.11 Å². The average molecular weight is 427 g/mol. The maximum Gasteiger partial charge on any atom is 0.343 e. The van der Waals surface area contributed by atoms with Gasteiger partial charge in [-0.05, 0) is 50.0 Å². The molecule has 2 unspecified atom stereocenters. The van der Waals surface area contributed by atoms with Gasteiger partial charge in [0.25, 0.3) is 0 Å². The van der Waals surface area contributed by atoms with E-state index >= 15 is 0 Å². The molecule has 1 saturated carbocycles. The molecule has 2 aliphatic rings. The summed E-state index contributed by atoms with van der Waals surface area (Å²) in [6, 6.07) is 10.1. The third kappa shape index (κ3) is 5.21. The van der Waals surface area contributed by atoms with Crippen LogP contribution in [0.1, 0.15) is 79.2 Å². The molecule has 2 aromatic rings. The summed E-state index contributed by atoms with van der Waals surface area (Å²) >= 11 is 0. The molecule has 31 heavy (non-hydrogen) atoms. The van der Waals surface area contributed by atoms with Crippen molar-refractivity contribution in [2.75, 3.05) is 26.9 Å². The molecule has 5 nitrogen and oxygen atoms in total. The summed E-state index contributed by atoms with van der Waals surface area (Å²) in [6.45, 7) is 1.72. The van der Waals surface area contributed by atoms with E-state index < -0.39 is 0 Å². The standard InChI is InChI=1S/C26H34O5/c1-29-16-17-30-15-14-20-10-6-3-7-11-21-24(27)23(26(28)31-25(20)21)22(19-12-13-19)18-8-4-2-5-9-18/h2,4-5,8-9,19-20,22,27H,3,6-7,10-17H2,1H3. The molecule has 4 rings (SSSR count). The molecule has 1 aromatic heterocycles. The largest absolute Gasteiger partial charge is 0.507 e. The average Bonchev–Trinajstić information content (AvgIpc) is 3.60. The van der Waals surface area contributed by atoms with Gasteiger partial charge in [0.15, 0.2) is 0 Å². The first-order valence-electron chi connectivity index (χ1n) is 11.7. The van der Waals surface area contributed by atoms with Crippen LogP contribution in [-0.4, -0.2) is 32.0 Å². The zero-order valence-electron chi connectivity index (χ0n) is 18.5. The van der Waals surface area contributed by atoms with Gasteiger partial charge in [0.2, 0.25) is 0 Å². The Hall–Kier alpha value is -2.11. The second kappa shape index (κ2) is 10.5. The number of fused-ring (bicyclic) bond motifs is 1. The van der Waals surface area contributed by atoms with E-state index in [0.717, 1.165) is 62.5 Å². The zero-order valence-corrected chi connectivity index (χ0v) is 18.5. The van der Waals surface area contributed by atoms with E-state index in [0.29, 0.717) is 37.1 Å². The van der Waals surface area contributed by atoms with Gasteiger partial charge in [0, 0.05) is 31.1 Å². The van der Waals surface area contributed by atoms with Crippen LogP contribution in [0.4, 0.5) is 0 Å². The van der Waals surface area contributed by atoms with Gasteiger partial charge < -0.3 is 19.0 Å². The molecule has 0 spiro atoms. The van der Waals surface area contributed by atoms with Crippen LogP contribution in [0.5, 0.6) is 5.75 Å². The first-order chi connectivity index (χ1) is 15.2. The highest BCUT2D eigenvalue weighted by Crippen LogP contribution is 2.49. The number of aromatic hydroxyl groups is 1. The van der Waals surface area contributed by atoms with Gasteiger partial charge in [0.1, 0.15) is 11.5 Å². The van der Waals surface area contributed by atoms with Gasteiger partial charge in [-0.25, -0.2) is 4.79 Å². The van der Waals surface area contributed by atoms with E-state index in [1.165, 1.54) is 0 Å². The van der Waals surface area contributed by atoms with Gasteiger partial charge in [-0.3, -0.25) is 0 Å². The molecule has 0 amide bonds. The van der Waals surface area contributed by atoms with Gasteiger partial charge in [-0.2, -0.15) is 0 Å². The number of ether oxygens (including phenoxy) is 2. The van der Waals surface area contributed by atoms with E-state index in [1.807, 2.05) is 18.2 Å². The Morgan fingerprint density at radius 1 is 1.06 bits per heavy atom. The monoisotopic (exact) mass is 426 g/mol. The smallest absolute Gasteiger partial charge is 0.343 e. The molecule has 0 aliphatic heterocycles. The lowest BCUT2D eigenvalue weighted by Gasteiger charge is -2.25. The predicted octanol–water partition coefficient (Wildman–Crippen LogP) is 5.14. The minimum absolute atomic E-state index is 0.0935. The van der Waals surface area contributed by atoms with Crippen molar-refractivity contribution in [2.24, 2.45) is 5.92 Å². The molecule has 0 saturated heterocycles. The van der Waals surface area contributed by atoms with Crippen LogP contribution < -0.4 is 5.63 Å². The molecule has 1 heterocycles. The Morgan fingerprint density at radius 2 is 1.87 bits per heavy atom. The molecule has 1 fully saturated rings. The fourth-order valence-electron chi connectivity index (χ4n) is 4.95. The van der Waals surface area contributed by atoms with E-state index in [-0.39, 0.29) is 23.2 Å². The van der Waals surface area contributed by atoms with E-state index in [9.17, 15) is 9.90 Å². The molecule has 1 aromatic carbocycles. The normalized spacial score (nSPS) is 20.0. The summed E-state index contributed by atoms with van der Waals surface area (Å²) in [5.74, 6) is 1.27. The van der Waals surface area contributed by atoms with Gasteiger partial charge >= 0.3 is 5.63 Å². The van der Waals surface area contributed by atoms with Gasteiger partial charge in [-0.15, -0.1) is 0 Å². The van der Waals surface area contributed by atoms with Crippen LogP contribution in [0, 0.1) is 5.92 Å².